The van der Waals surface area contributed by atoms with Crippen molar-refractivity contribution in [3.8, 4) is 0 Å². The molecular formula is C12H18N2O3S. The van der Waals surface area contributed by atoms with Crippen LogP contribution in [0.1, 0.15) is 25.1 Å². The number of amides is 2. The number of rotatable bonds is 6. The topological polar surface area (TPSA) is 69.6 Å². The number of aliphatic carboxylic acids is 1. The SMILES string of the molecule is CCC(C)N(CC(=O)O)C(=O)NCc1cccs1. The number of carboxylic acids is 1. The Balaban J connectivity index is 2.55. The quantitative estimate of drug-likeness (QED) is 0.832. The van der Waals surface area contributed by atoms with Crippen LogP contribution in [0.15, 0.2) is 17.5 Å². The molecule has 0 aliphatic heterocycles. The summed E-state index contributed by atoms with van der Waals surface area (Å²) in [6.07, 6.45) is 0.722. The lowest BCUT2D eigenvalue weighted by atomic mass is 10.2. The maximum Gasteiger partial charge on any atom is 0.323 e. The van der Waals surface area contributed by atoms with Crippen LogP contribution in [-0.2, 0) is 11.3 Å². The van der Waals surface area contributed by atoms with E-state index in [-0.39, 0.29) is 18.6 Å². The van der Waals surface area contributed by atoms with Crippen molar-refractivity contribution in [3.05, 3.63) is 22.4 Å². The predicted molar refractivity (Wildman–Crippen MR) is 70.6 cm³/mol. The summed E-state index contributed by atoms with van der Waals surface area (Å²) in [6, 6.07) is 3.41. The van der Waals surface area contributed by atoms with Gasteiger partial charge in [0.05, 0.1) is 6.54 Å². The fourth-order valence-electron chi connectivity index (χ4n) is 1.47. The molecule has 18 heavy (non-hydrogen) atoms. The zero-order chi connectivity index (χ0) is 13.5. The molecule has 0 aromatic carbocycles. The summed E-state index contributed by atoms with van der Waals surface area (Å²) in [4.78, 5) is 25.1. The van der Waals surface area contributed by atoms with Crippen LogP contribution in [0.4, 0.5) is 4.79 Å². The molecule has 0 fully saturated rings. The van der Waals surface area contributed by atoms with E-state index < -0.39 is 5.97 Å². The first-order valence-electron chi connectivity index (χ1n) is 5.83. The van der Waals surface area contributed by atoms with Crippen molar-refractivity contribution in [3.63, 3.8) is 0 Å². The van der Waals surface area contributed by atoms with E-state index in [0.717, 1.165) is 11.3 Å². The van der Waals surface area contributed by atoms with E-state index in [2.05, 4.69) is 5.32 Å². The summed E-state index contributed by atoms with van der Waals surface area (Å²) < 4.78 is 0. The standard InChI is InChI=1S/C12H18N2O3S/c1-3-9(2)14(8-11(15)16)12(17)13-7-10-5-4-6-18-10/h4-6,9H,3,7-8H2,1-2H3,(H,13,17)(H,15,16). The van der Waals surface area contributed by atoms with Crippen molar-refractivity contribution in [2.75, 3.05) is 6.54 Å². The van der Waals surface area contributed by atoms with Gasteiger partial charge in [-0.05, 0) is 24.8 Å². The first-order valence-corrected chi connectivity index (χ1v) is 6.71. The minimum absolute atomic E-state index is 0.0931. The second-order valence-corrected chi connectivity index (χ2v) is 5.05. The van der Waals surface area contributed by atoms with E-state index >= 15 is 0 Å². The van der Waals surface area contributed by atoms with Gasteiger partial charge in [0.25, 0.3) is 0 Å². The van der Waals surface area contributed by atoms with Gasteiger partial charge in [-0.15, -0.1) is 11.3 Å². The third-order valence-corrected chi connectivity index (χ3v) is 3.56. The minimum atomic E-state index is -0.999. The Bertz CT molecular complexity index is 392. The number of urea groups is 1. The van der Waals surface area contributed by atoms with E-state index in [1.807, 2.05) is 31.4 Å². The highest BCUT2D eigenvalue weighted by atomic mass is 32.1. The van der Waals surface area contributed by atoms with Crippen LogP contribution in [0.3, 0.4) is 0 Å². The number of carbonyl (C=O) groups is 2. The number of thiophene rings is 1. The highest BCUT2D eigenvalue weighted by molar-refractivity contribution is 7.09. The summed E-state index contributed by atoms with van der Waals surface area (Å²) in [5, 5.41) is 13.5. The maximum atomic E-state index is 11.9. The van der Waals surface area contributed by atoms with Crippen molar-refractivity contribution >= 4 is 23.3 Å². The highest BCUT2D eigenvalue weighted by Crippen LogP contribution is 2.09. The van der Waals surface area contributed by atoms with E-state index in [9.17, 15) is 9.59 Å². The average Bonchev–Trinajstić information content (AvgIpc) is 2.85. The van der Waals surface area contributed by atoms with Crippen LogP contribution >= 0.6 is 11.3 Å². The number of hydrogen-bond donors (Lipinski definition) is 2. The lowest BCUT2D eigenvalue weighted by Gasteiger charge is -2.26. The molecule has 1 rings (SSSR count). The molecule has 0 bridgehead atoms. The summed E-state index contributed by atoms with van der Waals surface area (Å²) in [5.74, 6) is -0.999. The third kappa shape index (κ3) is 4.37. The molecule has 1 aromatic heterocycles. The molecule has 1 aromatic rings. The summed E-state index contributed by atoms with van der Waals surface area (Å²) in [5.41, 5.74) is 0. The largest absolute Gasteiger partial charge is 0.480 e. The van der Waals surface area contributed by atoms with E-state index in [0.29, 0.717) is 6.54 Å². The van der Waals surface area contributed by atoms with Crippen LogP contribution in [-0.4, -0.2) is 34.6 Å². The number of carbonyl (C=O) groups excluding carboxylic acids is 1. The number of nitrogens with zero attached hydrogens (tertiary/aromatic N) is 1. The van der Waals surface area contributed by atoms with Gasteiger partial charge in [0.2, 0.25) is 0 Å². The maximum absolute atomic E-state index is 11.9. The molecule has 0 spiro atoms. The smallest absolute Gasteiger partial charge is 0.323 e. The van der Waals surface area contributed by atoms with Crippen molar-refractivity contribution in [1.82, 2.24) is 10.2 Å². The van der Waals surface area contributed by atoms with E-state index in [1.165, 1.54) is 4.90 Å². The van der Waals surface area contributed by atoms with Crippen LogP contribution in [0.2, 0.25) is 0 Å². The Kier molecular flexibility index (Phi) is 5.64. The van der Waals surface area contributed by atoms with Gasteiger partial charge in [-0.1, -0.05) is 13.0 Å². The normalized spacial score (nSPS) is 11.9. The molecule has 2 N–H and O–H groups in total. The molecule has 0 radical (unpaired) electrons. The van der Waals surface area contributed by atoms with Gasteiger partial charge in [-0.2, -0.15) is 0 Å². The predicted octanol–water partition coefficient (Wildman–Crippen LogP) is 2.14. The molecule has 0 aliphatic rings. The molecule has 5 nitrogen and oxygen atoms in total. The van der Waals surface area contributed by atoms with Crippen LogP contribution in [0.25, 0.3) is 0 Å². The molecular weight excluding hydrogens is 252 g/mol. The molecule has 100 valence electrons. The zero-order valence-corrected chi connectivity index (χ0v) is 11.4. The van der Waals surface area contributed by atoms with Gasteiger partial charge >= 0.3 is 12.0 Å². The zero-order valence-electron chi connectivity index (χ0n) is 10.5. The molecule has 2 amide bonds. The molecule has 6 heteroatoms. The average molecular weight is 270 g/mol. The Morgan fingerprint density at radius 2 is 2.28 bits per heavy atom. The monoisotopic (exact) mass is 270 g/mol. The van der Waals surface area contributed by atoms with Gasteiger partial charge in [-0.3, -0.25) is 4.79 Å². The fraction of sp³-hybridized carbons (Fsp3) is 0.500. The Morgan fingerprint density at radius 3 is 2.78 bits per heavy atom. The lowest BCUT2D eigenvalue weighted by Crippen LogP contribution is -2.47. The molecule has 1 unspecified atom stereocenters. The Labute approximate surface area is 110 Å². The van der Waals surface area contributed by atoms with Crippen molar-refractivity contribution < 1.29 is 14.7 Å². The molecule has 0 aliphatic carbocycles. The van der Waals surface area contributed by atoms with E-state index in [1.54, 1.807) is 11.3 Å². The van der Waals surface area contributed by atoms with Crippen molar-refractivity contribution in [2.45, 2.75) is 32.9 Å². The Morgan fingerprint density at radius 1 is 1.56 bits per heavy atom. The second kappa shape index (κ2) is 7.00. The third-order valence-electron chi connectivity index (χ3n) is 2.68. The molecule has 1 atom stereocenters. The van der Waals surface area contributed by atoms with Crippen LogP contribution in [0, 0.1) is 0 Å². The number of nitrogens with one attached hydrogen (secondary N) is 1. The summed E-state index contributed by atoms with van der Waals surface area (Å²) >= 11 is 1.56. The van der Waals surface area contributed by atoms with E-state index in [4.69, 9.17) is 5.11 Å². The van der Waals surface area contributed by atoms with Gasteiger partial charge in [0.1, 0.15) is 6.54 Å². The van der Waals surface area contributed by atoms with Gasteiger partial charge < -0.3 is 15.3 Å². The second-order valence-electron chi connectivity index (χ2n) is 4.02. The molecule has 1 heterocycles. The molecule has 0 saturated carbocycles. The fourth-order valence-corrected chi connectivity index (χ4v) is 2.12. The van der Waals surface area contributed by atoms with Crippen molar-refractivity contribution in [1.29, 1.82) is 0 Å². The van der Waals surface area contributed by atoms with Gasteiger partial charge in [0, 0.05) is 10.9 Å². The van der Waals surface area contributed by atoms with Crippen LogP contribution < -0.4 is 5.32 Å². The molecule has 0 saturated heterocycles. The highest BCUT2D eigenvalue weighted by Gasteiger charge is 2.21. The number of hydrogen-bond acceptors (Lipinski definition) is 3. The van der Waals surface area contributed by atoms with Gasteiger partial charge in [0.15, 0.2) is 0 Å². The first-order chi connectivity index (χ1) is 8.54. The lowest BCUT2D eigenvalue weighted by molar-refractivity contribution is -0.138. The summed E-state index contributed by atoms with van der Waals surface area (Å²) in [6.45, 7) is 3.92. The number of carboxylic acid groups (broad SMARTS) is 1. The summed E-state index contributed by atoms with van der Waals surface area (Å²) in [7, 11) is 0. The minimum Gasteiger partial charge on any atom is -0.480 e. The first kappa shape index (κ1) is 14.5. The van der Waals surface area contributed by atoms with Crippen LogP contribution in [0.5, 0.6) is 0 Å². The Hall–Kier alpha value is -1.56. The van der Waals surface area contributed by atoms with Gasteiger partial charge in [-0.25, -0.2) is 4.79 Å². The van der Waals surface area contributed by atoms with Crippen molar-refractivity contribution in [2.24, 2.45) is 0 Å².